The molecule has 0 fully saturated rings. The first-order valence-electron chi connectivity index (χ1n) is 8.32. The van der Waals surface area contributed by atoms with Gasteiger partial charge in [-0.25, -0.2) is 0 Å². The maximum Gasteiger partial charge on any atom is 0.250 e. The van der Waals surface area contributed by atoms with Gasteiger partial charge < -0.3 is 19.9 Å². The molecule has 0 spiro atoms. The molecule has 1 aromatic heterocycles. The molecule has 27 heavy (non-hydrogen) atoms. The van der Waals surface area contributed by atoms with Gasteiger partial charge in [-0.1, -0.05) is 42.5 Å². The maximum atomic E-state index is 6.17. The highest BCUT2D eigenvalue weighted by molar-refractivity contribution is 5.83. The minimum Gasteiger partial charge on any atom is -0.493 e. The first kappa shape index (κ1) is 16.7. The third-order valence-corrected chi connectivity index (χ3v) is 4.02. The average molecular weight is 359 g/mol. The number of aromatic nitrogens is 2. The first-order chi connectivity index (χ1) is 13.2. The van der Waals surface area contributed by atoms with E-state index in [9.17, 15) is 0 Å². The molecule has 0 aliphatic carbocycles. The van der Waals surface area contributed by atoms with Crippen LogP contribution in [0.15, 0.2) is 73.1 Å². The molecule has 3 aromatic carbocycles. The van der Waals surface area contributed by atoms with Gasteiger partial charge in [-0.15, -0.1) is 0 Å². The lowest BCUT2D eigenvalue weighted by molar-refractivity contribution is 0.373. The van der Waals surface area contributed by atoms with Gasteiger partial charge in [0.05, 0.1) is 7.11 Å². The number of nitrogen functional groups attached to an aromatic ring is 1. The Balaban J connectivity index is 1.63. The van der Waals surface area contributed by atoms with Gasteiger partial charge in [-0.2, -0.15) is 9.97 Å². The molecule has 4 rings (SSSR count). The Bertz CT molecular complexity index is 1100. The van der Waals surface area contributed by atoms with Crippen molar-refractivity contribution < 1.29 is 14.2 Å². The van der Waals surface area contributed by atoms with Crippen molar-refractivity contribution in [1.82, 2.24) is 9.97 Å². The van der Waals surface area contributed by atoms with E-state index in [-0.39, 0.29) is 17.4 Å². The van der Waals surface area contributed by atoms with Crippen molar-refractivity contribution in [2.24, 2.45) is 0 Å². The number of ether oxygens (including phenoxy) is 3. The Morgan fingerprint density at radius 2 is 1.41 bits per heavy atom. The number of nitrogens with two attached hydrogens (primary N) is 1. The van der Waals surface area contributed by atoms with Crippen molar-refractivity contribution in [2.75, 3.05) is 12.8 Å². The van der Waals surface area contributed by atoms with Crippen LogP contribution in [0.2, 0.25) is 0 Å². The van der Waals surface area contributed by atoms with Crippen molar-refractivity contribution in [3.63, 3.8) is 0 Å². The summed E-state index contributed by atoms with van der Waals surface area (Å²) in [7, 11) is 1.57. The second kappa shape index (κ2) is 7.21. The summed E-state index contributed by atoms with van der Waals surface area (Å²) in [6, 6.07) is 21.0. The van der Waals surface area contributed by atoms with E-state index in [1.54, 1.807) is 19.2 Å². The number of fused-ring (bicyclic) bond motifs is 1. The molecule has 0 atom stereocenters. The van der Waals surface area contributed by atoms with Crippen LogP contribution in [0.25, 0.3) is 10.8 Å². The molecule has 0 aliphatic heterocycles. The van der Waals surface area contributed by atoms with E-state index in [0.29, 0.717) is 17.2 Å². The van der Waals surface area contributed by atoms with E-state index in [1.165, 1.54) is 6.33 Å². The number of methoxy groups -OCH3 is 1. The molecule has 6 heteroatoms. The van der Waals surface area contributed by atoms with E-state index < -0.39 is 0 Å². The predicted octanol–water partition coefficient (Wildman–Crippen LogP) is 4.81. The molecule has 0 amide bonds. The number of nitrogens with zero attached hydrogens (tertiary/aromatic N) is 2. The van der Waals surface area contributed by atoms with Gasteiger partial charge in [-0.05, 0) is 35.0 Å². The molecule has 0 aliphatic rings. The highest BCUT2D eigenvalue weighted by Crippen LogP contribution is 2.36. The fourth-order valence-corrected chi connectivity index (χ4v) is 2.68. The van der Waals surface area contributed by atoms with E-state index in [0.717, 1.165) is 10.8 Å². The van der Waals surface area contributed by atoms with Crippen LogP contribution in [0.1, 0.15) is 0 Å². The number of hydrogen-bond acceptors (Lipinski definition) is 6. The molecular weight excluding hydrogens is 342 g/mol. The lowest BCUT2D eigenvalue weighted by atomic mass is 10.1. The van der Waals surface area contributed by atoms with Crippen LogP contribution in [-0.2, 0) is 0 Å². The molecule has 0 radical (unpaired) electrons. The van der Waals surface area contributed by atoms with Gasteiger partial charge in [-0.3, -0.25) is 0 Å². The molecule has 0 bridgehead atoms. The van der Waals surface area contributed by atoms with Crippen molar-refractivity contribution in [3.05, 3.63) is 73.1 Å². The van der Waals surface area contributed by atoms with Crippen molar-refractivity contribution in [3.8, 4) is 29.0 Å². The fraction of sp³-hybridized carbons (Fsp3) is 0.0476. The van der Waals surface area contributed by atoms with E-state index in [4.69, 9.17) is 19.9 Å². The Kier molecular flexibility index (Phi) is 4.45. The molecule has 134 valence electrons. The summed E-state index contributed by atoms with van der Waals surface area (Å²) in [4.78, 5) is 8.24. The third kappa shape index (κ3) is 3.46. The molecule has 6 nitrogen and oxygen atoms in total. The Morgan fingerprint density at radius 1 is 0.741 bits per heavy atom. The molecular formula is C21H17N3O3. The molecule has 0 saturated carbocycles. The lowest BCUT2D eigenvalue weighted by Gasteiger charge is -2.13. The zero-order valence-corrected chi connectivity index (χ0v) is 14.6. The highest BCUT2D eigenvalue weighted by Gasteiger charge is 2.14. The maximum absolute atomic E-state index is 6.17. The number of para-hydroxylation sites is 2. The first-order valence-corrected chi connectivity index (χ1v) is 8.32. The number of hydrogen-bond donors (Lipinski definition) is 1. The Morgan fingerprint density at radius 3 is 2.19 bits per heavy atom. The molecule has 2 N–H and O–H groups in total. The van der Waals surface area contributed by atoms with Gasteiger partial charge in [0.15, 0.2) is 17.2 Å². The van der Waals surface area contributed by atoms with E-state index >= 15 is 0 Å². The van der Waals surface area contributed by atoms with Crippen LogP contribution in [-0.4, -0.2) is 17.1 Å². The van der Waals surface area contributed by atoms with Crippen LogP contribution in [0, 0.1) is 0 Å². The molecule has 1 heterocycles. The summed E-state index contributed by atoms with van der Waals surface area (Å²) >= 11 is 0. The van der Waals surface area contributed by atoms with Gasteiger partial charge >= 0.3 is 0 Å². The zero-order chi connectivity index (χ0) is 18.6. The zero-order valence-electron chi connectivity index (χ0n) is 14.6. The highest BCUT2D eigenvalue weighted by atomic mass is 16.5. The number of benzene rings is 3. The summed E-state index contributed by atoms with van der Waals surface area (Å²) in [5.41, 5.74) is 6.37. The summed E-state index contributed by atoms with van der Waals surface area (Å²) < 4.78 is 16.9. The van der Waals surface area contributed by atoms with E-state index in [2.05, 4.69) is 9.97 Å². The molecule has 0 unspecified atom stereocenters. The van der Waals surface area contributed by atoms with Crippen LogP contribution in [0.3, 0.4) is 0 Å². The number of anilines is 1. The van der Waals surface area contributed by atoms with Gasteiger partial charge in [0.25, 0.3) is 0 Å². The van der Waals surface area contributed by atoms with E-state index in [1.807, 2.05) is 54.6 Å². The van der Waals surface area contributed by atoms with Gasteiger partial charge in [0.2, 0.25) is 11.8 Å². The smallest absolute Gasteiger partial charge is 0.250 e. The van der Waals surface area contributed by atoms with Crippen molar-refractivity contribution >= 4 is 16.5 Å². The SMILES string of the molecule is COc1ccccc1Oc1ncnc(Oc2ccc3ccccc3c2)c1N. The Hall–Kier alpha value is -3.80. The van der Waals surface area contributed by atoms with Crippen LogP contribution in [0.5, 0.6) is 29.0 Å². The topological polar surface area (TPSA) is 79.5 Å². The largest absolute Gasteiger partial charge is 0.493 e. The van der Waals surface area contributed by atoms with Crippen molar-refractivity contribution in [1.29, 1.82) is 0 Å². The molecule has 4 aromatic rings. The normalized spacial score (nSPS) is 10.6. The average Bonchev–Trinajstić information content (AvgIpc) is 2.71. The monoisotopic (exact) mass is 359 g/mol. The second-order valence-electron chi connectivity index (χ2n) is 5.76. The fourth-order valence-electron chi connectivity index (χ4n) is 2.68. The number of rotatable bonds is 5. The summed E-state index contributed by atoms with van der Waals surface area (Å²) in [6.45, 7) is 0. The molecule has 0 saturated heterocycles. The standard InChI is InChI=1S/C21H17N3O3/c1-25-17-8-4-5-9-18(17)27-21-19(22)20(23-13-24-21)26-16-11-10-14-6-2-3-7-15(14)12-16/h2-13H,22H2,1H3. The summed E-state index contributed by atoms with van der Waals surface area (Å²) in [5.74, 6) is 2.13. The van der Waals surface area contributed by atoms with Gasteiger partial charge in [0, 0.05) is 0 Å². The summed E-state index contributed by atoms with van der Waals surface area (Å²) in [5, 5.41) is 2.19. The predicted molar refractivity (Wildman–Crippen MR) is 104 cm³/mol. The minimum atomic E-state index is 0.199. The Labute approximate surface area is 156 Å². The lowest BCUT2D eigenvalue weighted by Crippen LogP contribution is -2.01. The second-order valence-corrected chi connectivity index (χ2v) is 5.76. The van der Waals surface area contributed by atoms with Crippen molar-refractivity contribution in [2.45, 2.75) is 0 Å². The van der Waals surface area contributed by atoms with Crippen LogP contribution >= 0.6 is 0 Å². The third-order valence-electron chi connectivity index (χ3n) is 4.02. The van der Waals surface area contributed by atoms with Crippen LogP contribution < -0.4 is 19.9 Å². The van der Waals surface area contributed by atoms with Crippen LogP contribution in [0.4, 0.5) is 5.69 Å². The summed E-state index contributed by atoms with van der Waals surface area (Å²) in [6.07, 6.45) is 1.34. The quantitative estimate of drug-likeness (QED) is 0.551. The van der Waals surface area contributed by atoms with Gasteiger partial charge in [0.1, 0.15) is 12.1 Å². The minimum absolute atomic E-state index is 0.199.